The molecule has 8 nitrogen and oxygen atoms in total. The van der Waals surface area contributed by atoms with Gasteiger partial charge in [0.25, 0.3) is 5.69 Å². The fourth-order valence-electron chi connectivity index (χ4n) is 2.24. The standard InChI is InChI=1S/C12H17N5O3/c1-8-12(18)14-4-5-16(8)7-9-2-3-11(17(19)20)10(6-9)15-13/h2-3,6,8,15H,4-5,7,13H2,1H3,(H,14,18). The van der Waals surface area contributed by atoms with Gasteiger partial charge in [0, 0.05) is 25.7 Å². The molecule has 1 aliphatic rings. The van der Waals surface area contributed by atoms with E-state index in [1.54, 1.807) is 12.1 Å². The number of nitrogen functional groups attached to an aromatic ring is 1. The summed E-state index contributed by atoms with van der Waals surface area (Å²) in [6.07, 6.45) is 0. The van der Waals surface area contributed by atoms with Gasteiger partial charge in [-0.3, -0.25) is 25.7 Å². The van der Waals surface area contributed by atoms with E-state index >= 15 is 0 Å². The van der Waals surface area contributed by atoms with E-state index in [0.717, 1.165) is 12.1 Å². The van der Waals surface area contributed by atoms with Crippen molar-refractivity contribution in [2.75, 3.05) is 18.5 Å². The second-order valence-electron chi connectivity index (χ2n) is 4.69. The Bertz CT molecular complexity index is 534. The zero-order valence-corrected chi connectivity index (χ0v) is 11.1. The number of nitro groups is 1. The molecule has 1 fully saturated rings. The van der Waals surface area contributed by atoms with Crippen LogP contribution in [0.4, 0.5) is 11.4 Å². The Morgan fingerprint density at radius 2 is 2.35 bits per heavy atom. The highest BCUT2D eigenvalue weighted by Crippen LogP contribution is 2.25. The van der Waals surface area contributed by atoms with Crippen LogP contribution in [0.3, 0.4) is 0 Å². The van der Waals surface area contributed by atoms with Crippen LogP contribution in [0, 0.1) is 10.1 Å². The molecule has 1 amide bonds. The number of piperazine rings is 1. The van der Waals surface area contributed by atoms with Gasteiger partial charge in [0.1, 0.15) is 5.69 Å². The van der Waals surface area contributed by atoms with Crippen molar-refractivity contribution >= 4 is 17.3 Å². The molecule has 0 radical (unpaired) electrons. The first-order valence-electron chi connectivity index (χ1n) is 6.28. The maximum Gasteiger partial charge on any atom is 0.293 e. The number of amides is 1. The number of carbonyl (C=O) groups excluding carboxylic acids is 1. The van der Waals surface area contributed by atoms with E-state index in [9.17, 15) is 14.9 Å². The molecule has 1 heterocycles. The number of anilines is 1. The number of nitrogens with one attached hydrogen (secondary N) is 2. The van der Waals surface area contributed by atoms with Gasteiger partial charge in [-0.15, -0.1) is 0 Å². The van der Waals surface area contributed by atoms with E-state index in [-0.39, 0.29) is 23.3 Å². The molecule has 0 aliphatic carbocycles. The Morgan fingerprint density at radius 1 is 1.60 bits per heavy atom. The van der Waals surface area contributed by atoms with Gasteiger partial charge in [-0.2, -0.15) is 0 Å². The third kappa shape index (κ3) is 2.86. The van der Waals surface area contributed by atoms with E-state index in [2.05, 4.69) is 10.7 Å². The summed E-state index contributed by atoms with van der Waals surface area (Å²) in [6.45, 7) is 3.73. The third-order valence-electron chi connectivity index (χ3n) is 3.42. The predicted molar refractivity (Wildman–Crippen MR) is 73.8 cm³/mol. The quantitative estimate of drug-likeness (QED) is 0.412. The number of hydrogen-bond donors (Lipinski definition) is 3. The van der Waals surface area contributed by atoms with Crippen molar-refractivity contribution in [1.82, 2.24) is 10.2 Å². The molecule has 0 saturated carbocycles. The third-order valence-corrected chi connectivity index (χ3v) is 3.42. The summed E-state index contributed by atoms with van der Waals surface area (Å²) in [7, 11) is 0. The van der Waals surface area contributed by atoms with Crippen LogP contribution in [0.1, 0.15) is 12.5 Å². The number of nitro benzene ring substituents is 1. The molecule has 1 unspecified atom stereocenters. The molecule has 1 atom stereocenters. The summed E-state index contributed by atoms with van der Waals surface area (Å²) in [5.41, 5.74) is 3.40. The van der Waals surface area contributed by atoms with Gasteiger partial charge in [0.15, 0.2) is 0 Å². The van der Waals surface area contributed by atoms with Gasteiger partial charge >= 0.3 is 0 Å². The number of hydrazine groups is 1. The summed E-state index contributed by atoms with van der Waals surface area (Å²) >= 11 is 0. The molecule has 108 valence electrons. The molecule has 0 aromatic heterocycles. The largest absolute Gasteiger partial charge is 0.353 e. The Labute approximate surface area is 116 Å². The molecule has 1 aromatic rings. The summed E-state index contributed by atoms with van der Waals surface area (Å²) in [6, 6.07) is 4.52. The van der Waals surface area contributed by atoms with Crippen molar-refractivity contribution in [1.29, 1.82) is 0 Å². The Kier molecular flexibility index (Phi) is 4.16. The summed E-state index contributed by atoms with van der Waals surface area (Å²) in [5.74, 6) is 5.30. The first-order chi connectivity index (χ1) is 9.52. The lowest BCUT2D eigenvalue weighted by molar-refractivity contribution is -0.384. The van der Waals surface area contributed by atoms with Crippen molar-refractivity contribution in [2.45, 2.75) is 19.5 Å². The smallest absolute Gasteiger partial charge is 0.293 e. The SMILES string of the molecule is CC1C(=O)NCCN1Cc1ccc([N+](=O)[O-])c(NN)c1. The summed E-state index contributed by atoms with van der Waals surface area (Å²) < 4.78 is 0. The van der Waals surface area contributed by atoms with E-state index in [1.165, 1.54) is 6.07 Å². The molecule has 1 aliphatic heterocycles. The van der Waals surface area contributed by atoms with Crippen LogP contribution in [-0.4, -0.2) is 34.9 Å². The number of nitrogens with zero attached hydrogens (tertiary/aromatic N) is 2. The van der Waals surface area contributed by atoms with E-state index in [4.69, 9.17) is 5.84 Å². The second kappa shape index (κ2) is 5.85. The predicted octanol–water partition coefficient (Wildman–Crippen LogP) is 0.201. The molecule has 1 saturated heterocycles. The molecule has 0 spiro atoms. The highest BCUT2D eigenvalue weighted by atomic mass is 16.6. The summed E-state index contributed by atoms with van der Waals surface area (Å²) in [5, 5.41) is 13.6. The number of nitrogens with two attached hydrogens (primary N) is 1. The average Bonchev–Trinajstić information content (AvgIpc) is 2.43. The van der Waals surface area contributed by atoms with Crippen LogP contribution in [0.25, 0.3) is 0 Å². The maximum atomic E-state index is 11.6. The molecular weight excluding hydrogens is 262 g/mol. The van der Waals surface area contributed by atoms with Gasteiger partial charge in [0.2, 0.25) is 5.91 Å². The minimum atomic E-state index is -0.490. The zero-order valence-electron chi connectivity index (χ0n) is 11.1. The molecular formula is C12H17N5O3. The molecule has 2 rings (SSSR count). The van der Waals surface area contributed by atoms with Gasteiger partial charge in [-0.05, 0) is 18.6 Å². The first kappa shape index (κ1) is 14.2. The Hall–Kier alpha value is -2.19. The highest BCUT2D eigenvalue weighted by molar-refractivity contribution is 5.82. The van der Waals surface area contributed by atoms with Crippen LogP contribution in [-0.2, 0) is 11.3 Å². The number of benzene rings is 1. The minimum absolute atomic E-state index is 0.00432. The first-order valence-corrected chi connectivity index (χ1v) is 6.28. The number of rotatable bonds is 4. The van der Waals surface area contributed by atoms with Crippen LogP contribution in [0.15, 0.2) is 18.2 Å². The molecule has 20 heavy (non-hydrogen) atoms. The second-order valence-corrected chi connectivity index (χ2v) is 4.69. The highest BCUT2D eigenvalue weighted by Gasteiger charge is 2.25. The van der Waals surface area contributed by atoms with Crippen molar-refractivity contribution in [3.05, 3.63) is 33.9 Å². The van der Waals surface area contributed by atoms with Crippen LogP contribution in [0.5, 0.6) is 0 Å². The fraction of sp³-hybridized carbons (Fsp3) is 0.417. The minimum Gasteiger partial charge on any atom is -0.353 e. The normalized spacial score (nSPS) is 19.5. The lowest BCUT2D eigenvalue weighted by atomic mass is 10.1. The number of carbonyl (C=O) groups is 1. The number of hydrogen-bond acceptors (Lipinski definition) is 6. The van der Waals surface area contributed by atoms with Gasteiger partial charge in [-0.25, -0.2) is 0 Å². The Morgan fingerprint density at radius 3 is 3.00 bits per heavy atom. The van der Waals surface area contributed by atoms with Crippen molar-refractivity contribution in [3.8, 4) is 0 Å². The fourth-order valence-corrected chi connectivity index (χ4v) is 2.24. The monoisotopic (exact) mass is 279 g/mol. The maximum absolute atomic E-state index is 11.6. The summed E-state index contributed by atoms with van der Waals surface area (Å²) in [4.78, 5) is 23.9. The van der Waals surface area contributed by atoms with E-state index in [0.29, 0.717) is 13.1 Å². The van der Waals surface area contributed by atoms with Gasteiger partial charge in [0.05, 0.1) is 11.0 Å². The van der Waals surface area contributed by atoms with Gasteiger partial charge < -0.3 is 10.7 Å². The lowest BCUT2D eigenvalue weighted by Gasteiger charge is -2.32. The molecule has 4 N–H and O–H groups in total. The topological polar surface area (TPSA) is 114 Å². The van der Waals surface area contributed by atoms with Crippen molar-refractivity contribution in [2.24, 2.45) is 5.84 Å². The lowest BCUT2D eigenvalue weighted by Crippen LogP contribution is -2.53. The molecule has 1 aromatic carbocycles. The van der Waals surface area contributed by atoms with E-state index < -0.39 is 4.92 Å². The van der Waals surface area contributed by atoms with Crippen LogP contribution in [0.2, 0.25) is 0 Å². The zero-order chi connectivity index (χ0) is 14.7. The van der Waals surface area contributed by atoms with E-state index in [1.807, 2.05) is 11.8 Å². The van der Waals surface area contributed by atoms with Crippen LogP contribution < -0.4 is 16.6 Å². The average molecular weight is 279 g/mol. The van der Waals surface area contributed by atoms with Crippen LogP contribution >= 0.6 is 0 Å². The van der Waals surface area contributed by atoms with Crippen molar-refractivity contribution < 1.29 is 9.72 Å². The van der Waals surface area contributed by atoms with Gasteiger partial charge in [-0.1, -0.05) is 6.07 Å². The molecule has 8 heteroatoms. The van der Waals surface area contributed by atoms with Crippen molar-refractivity contribution in [3.63, 3.8) is 0 Å². The Balaban J connectivity index is 2.17. The molecule has 0 bridgehead atoms.